The van der Waals surface area contributed by atoms with Gasteiger partial charge in [-0.15, -0.1) is 0 Å². The van der Waals surface area contributed by atoms with E-state index in [1.165, 1.54) is 66.9 Å². The third kappa shape index (κ3) is 10.2. The first kappa shape index (κ1) is 12.2. The Bertz CT molecular complexity index is 61.4. The van der Waals surface area contributed by atoms with Gasteiger partial charge in [0.2, 0.25) is 0 Å². The van der Waals surface area contributed by atoms with Gasteiger partial charge in [-0.1, -0.05) is 70.9 Å². The van der Waals surface area contributed by atoms with Gasteiger partial charge in [0.25, 0.3) is 0 Å². The Balaban J connectivity index is 2.73. The lowest BCUT2D eigenvalue weighted by Crippen LogP contribution is -1.83. The Hall–Kier alpha value is 0.217. The molecule has 0 rings (SSSR count). The minimum absolute atomic E-state index is 1.17. The van der Waals surface area contributed by atoms with Crippen molar-refractivity contribution in [2.45, 2.75) is 70.9 Å². The van der Waals surface area contributed by atoms with Crippen LogP contribution >= 0.6 is 0 Å². The van der Waals surface area contributed by atoms with E-state index in [0.29, 0.717) is 0 Å². The zero-order valence-electron chi connectivity index (χ0n) is 8.86. The van der Waals surface area contributed by atoms with Crippen molar-refractivity contribution in [2.24, 2.45) is 0 Å². The van der Waals surface area contributed by atoms with E-state index < -0.39 is 0 Å². The van der Waals surface area contributed by atoms with Gasteiger partial charge in [0.1, 0.15) is 0 Å². The van der Waals surface area contributed by atoms with Gasteiger partial charge in [0.05, 0.1) is 0 Å². The number of hydrogen-bond donors (Lipinski definition) is 0. The molecule has 0 aliphatic rings. The lowest BCUT2D eigenvalue weighted by Gasteiger charge is -1.99. The van der Waals surface area contributed by atoms with E-state index in [4.69, 9.17) is 0 Å². The largest absolute Gasteiger partial charge is 0.0733 e. The molecule has 72 valence electrons. The third-order valence-corrected chi connectivity index (χ3v) is 3.13. The quantitative estimate of drug-likeness (QED) is 0.370. The summed E-state index contributed by atoms with van der Waals surface area (Å²) in [7, 11) is 1.17. The van der Waals surface area contributed by atoms with Gasteiger partial charge in [-0.2, -0.15) is 0 Å². The van der Waals surface area contributed by atoms with E-state index in [0.717, 1.165) is 0 Å². The third-order valence-electron chi connectivity index (χ3n) is 2.28. The molecule has 0 N–H and O–H groups in total. The van der Waals surface area contributed by atoms with Crippen LogP contribution in [-0.4, -0.2) is 9.52 Å². The molecule has 0 aliphatic heterocycles. The zero-order valence-corrected chi connectivity index (χ0v) is 9.86. The van der Waals surface area contributed by atoms with E-state index in [1.807, 2.05) is 0 Å². The second-order valence-electron chi connectivity index (χ2n) is 3.58. The van der Waals surface area contributed by atoms with E-state index in [-0.39, 0.29) is 0 Å². The van der Waals surface area contributed by atoms with Crippen LogP contribution < -0.4 is 0 Å². The van der Waals surface area contributed by atoms with Crippen molar-refractivity contribution >= 4 is 9.52 Å². The molecule has 0 aromatic rings. The minimum Gasteiger partial charge on any atom is -0.0733 e. The Morgan fingerprint density at radius 1 is 0.750 bits per heavy atom. The lowest BCUT2D eigenvalue weighted by atomic mass is 10.1. The summed E-state index contributed by atoms with van der Waals surface area (Å²) in [5.74, 6) is 0. The van der Waals surface area contributed by atoms with Crippen molar-refractivity contribution in [3.8, 4) is 0 Å². The Morgan fingerprint density at radius 3 is 1.75 bits per heavy atom. The molecule has 12 heavy (non-hydrogen) atoms. The van der Waals surface area contributed by atoms with Crippen LogP contribution in [-0.2, 0) is 0 Å². The predicted molar refractivity (Wildman–Crippen MR) is 59.0 cm³/mol. The summed E-state index contributed by atoms with van der Waals surface area (Å²) in [5, 5.41) is 0. The van der Waals surface area contributed by atoms with E-state index in [1.54, 1.807) is 0 Å². The molecule has 0 amide bonds. The van der Waals surface area contributed by atoms with Gasteiger partial charge in [-0.3, -0.25) is 0 Å². The molecule has 0 aliphatic carbocycles. The lowest BCUT2D eigenvalue weighted by molar-refractivity contribution is 0.585. The fourth-order valence-electron chi connectivity index (χ4n) is 1.44. The Labute approximate surface area is 81.0 Å². The maximum atomic E-state index is 2.31. The number of rotatable bonds is 9. The van der Waals surface area contributed by atoms with Gasteiger partial charge in [-0.05, 0) is 0 Å². The SMILES string of the molecule is CCCCCCCCCC[Si]C. The van der Waals surface area contributed by atoms with E-state index in [2.05, 4.69) is 13.5 Å². The maximum absolute atomic E-state index is 2.31. The van der Waals surface area contributed by atoms with Crippen LogP contribution in [0.2, 0.25) is 12.6 Å². The Morgan fingerprint density at radius 2 is 1.25 bits per heavy atom. The molecule has 1 heteroatoms. The topological polar surface area (TPSA) is 0 Å². The van der Waals surface area contributed by atoms with Crippen molar-refractivity contribution in [1.82, 2.24) is 0 Å². The molecular formula is C11H24Si. The van der Waals surface area contributed by atoms with Gasteiger partial charge >= 0.3 is 0 Å². The van der Waals surface area contributed by atoms with Crippen LogP contribution in [0, 0.1) is 0 Å². The fraction of sp³-hybridized carbons (Fsp3) is 1.00. The molecule has 0 saturated carbocycles. The molecule has 2 radical (unpaired) electrons. The van der Waals surface area contributed by atoms with Crippen molar-refractivity contribution in [3.63, 3.8) is 0 Å². The molecular weight excluding hydrogens is 160 g/mol. The first-order valence-electron chi connectivity index (χ1n) is 5.56. The van der Waals surface area contributed by atoms with Crippen LogP contribution in [0.3, 0.4) is 0 Å². The molecule has 0 aromatic carbocycles. The summed E-state index contributed by atoms with van der Waals surface area (Å²) in [5.41, 5.74) is 0. The van der Waals surface area contributed by atoms with E-state index in [9.17, 15) is 0 Å². The average molecular weight is 184 g/mol. The first-order valence-corrected chi connectivity index (χ1v) is 7.27. The first-order chi connectivity index (χ1) is 5.91. The van der Waals surface area contributed by atoms with Crippen molar-refractivity contribution in [1.29, 1.82) is 0 Å². The van der Waals surface area contributed by atoms with Crippen molar-refractivity contribution < 1.29 is 0 Å². The smallest absolute Gasteiger partial charge is 0.0342 e. The molecule has 0 heterocycles. The van der Waals surface area contributed by atoms with Gasteiger partial charge in [0.15, 0.2) is 0 Å². The standard InChI is InChI=1S/C11H24Si/c1-3-4-5-6-7-8-9-10-11-12-2/h3-11H2,1-2H3. The fourth-order valence-corrected chi connectivity index (χ4v) is 2.04. The summed E-state index contributed by atoms with van der Waals surface area (Å²) in [6.45, 7) is 4.59. The molecule has 0 aromatic heterocycles. The number of hydrogen-bond acceptors (Lipinski definition) is 0. The second-order valence-corrected chi connectivity index (χ2v) is 4.79. The highest BCUT2D eigenvalue weighted by Gasteiger charge is 1.90. The normalized spacial score (nSPS) is 10.5. The predicted octanol–water partition coefficient (Wildman–Crippen LogP) is 4.30. The summed E-state index contributed by atoms with van der Waals surface area (Å²) < 4.78 is 0. The molecule has 0 fully saturated rings. The molecule has 0 unspecified atom stereocenters. The van der Waals surface area contributed by atoms with Crippen LogP contribution in [0.4, 0.5) is 0 Å². The van der Waals surface area contributed by atoms with Crippen LogP contribution in [0.5, 0.6) is 0 Å². The minimum atomic E-state index is 1.17. The van der Waals surface area contributed by atoms with Crippen molar-refractivity contribution in [3.05, 3.63) is 0 Å². The number of unbranched alkanes of at least 4 members (excludes halogenated alkanes) is 7. The summed E-state index contributed by atoms with van der Waals surface area (Å²) >= 11 is 0. The molecule has 0 saturated heterocycles. The van der Waals surface area contributed by atoms with Crippen LogP contribution in [0.15, 0.2) is 0 Å². The van der Waals surface area contributed by atoms with Gasteiger partial charge in [0, 0.05) is 9.52 Å². The summed E-state index contributed by atoms with van der Waals surface area (Å²) in [4.78, 5) is 0. The summed E-state index contributed by atoms with van der Waals surface area (Å²) in [6.07, 6.45) is 11.7. The highest BCUT2D eigenvalue weighted by molar-refractivity contribution is 6.33. The monoisotopic (exact) mass is 184 g/mol. The molecule has 0 atom stereocenters. The van der Waals surface area contributed by atoms with Crippen LogP contribution in [0.25, 0.3) is 0 Å². The highest BCUT2D eigenvalue weighted by atomic mass is 28.2. The molecule has 0 nitrogen and oxygen atoms in total. The van der Waals surface area contributed by atoms with Gasteiger partial charge < -0.3 is 0 Å². The Kier molecular flexibility index (Phi) is 11.4. The van der Waals surface area contributed by atoms with E-state index >= 15 is 0 Å². The summed E-state index contributed by atoms with van der Waals surface area (Å²) in [6, 6.07) is 1.47. The highest BCUT2D eigenvalue weighted by Crippen LogP contribution is 2.09. The zero-order chi connectivity index (χ0) is 9.07. The second kappa shape index (κ2) is 11.2. The van der Waals surface area contributed by atoms with Gasteiger partial charge in [-0.25, -0.2) is 0 Å². The molecule has 0 spiro atoms. The molecule has 0 bridgehead atoms. The average Bonchev–Trinajstić information content (AvgIpc) is 2.10. The van der Waals surface area contributed by atoms with Crippen molar-refractivity contribution in [2.75, 3.05) is 0 Å². The van der Waals surface area contributed by atoms with Crippen LogP contribution in [0.1, 0.15) is 58.3 Å². The maximum Gasteiger partial charge on any atom is 0.0342 e.